The molecule has 1 saturated heterocycles. The second kappa shape index (κ2) is 6.92. The average Bonchev–Trinajstić information content (AvgIpc) is 2.89. The number of phenolic OH excluding ortho intramolecular Hbond substituents is 1. The van der Waals surface area contributed by atoms with Crippen molar-refractivity contribution < 1.29 is 5.11 Å². The Bertz CT molecular complexity index is 386. The van der Waals surface area contributed by atoms with Gasteiger partial charge in [-0.1, -0.05) is 32.0 Å². The summed E-state index contributed by atoms with van der Waals surface area (Å²) in [7, 11) is 0. The summed E-state index contributed by atoms with van der Waals surface area (Å²) in [5.74, 6) is 1.05. The molecule has 19 heavy (non-hydrogen) atoms. The number of nitrogens with zero attached hydrogens (tertiary/aromatic N) is 1. The van der Waals surface area contributed by atoms with Crippen LogP contribution in [0, 0.1) is 5.92 Å². The van der Waals surface area contributed by atoms with Crippen LogP contribution in [0.4, 0.5) is 0 Å². The maximum absolute atomic E-state index is 9.75. The molecule has 0 aliphatic carbocycles. The van der Waals surface area contributed by atoms with Crippen molar-refractivity contribution >= 4 is 0 Å². The van der Waals surface area contributed by atoms with E-state index in [2.05, 4.69) is 24.1 Å². The van der Waals surface area contributed by atoms with Crippen molar-refractivity contribution in [3.05, 3.63) is 29.8 Å². The van der Waals surface area contributed by atoms with E-state index in [1.54, 1.807) is 6.07 Å². The maximum Gasteiger partial charge on any atom is 0.120 e. The summed E-state index contributed by atoms with van der Waals surface area (Å²) in [6, 6.07) is 8.16. The van der Waals surface area contributed by atoms with Crippen LogP contribution < -0.4 is 5.32 Å². The van der Waals surface area contributed by atoms with Crippen LogP contribution in [0.1, 0.15) is 32.3 Å². The van der Waals surface area contributed by atoms with Gasteiger partial charge in [0.1, 0.15) is 5.75 Å². The monoisotopic (exact) mass is 262 g/mol. The lowest BCUT2D eigenvalue weighted by Gasteiger charge is -2.31. The number of para-hydroxylation sites is 1. The van der Waals surface area contributed by atoms with Crippen LogP contribution in [0.2, 0.25) is 0 Å². The Morgan fingerprint density at radius 3 is 2.53 bits per heavy atom. The van der Waals surface area contributed by atoms with E-state index in [0.717, 1.165) is 18.7 Å². The minimum absolute atomic E-state index is 0.386. The highest BCUT2D eigenvalue weighted by atomic mass is 16.3. The van der Waals surface area contributed by atoms with Crippen molar-refractivity contribution in [1.82, 2.24) is 10.2 Å². The summed E-state index contributed by atoms with van der Waals surface area (Å²) in [6.07, 6.45) is 2.67. The topological polar surface area (TPSA) is 35.5 Å². The maximum atomic E-state index is 9.75. The highest BCUT2D eigenvalue weighted by molar-refractivity contribution is 5.31. The SMILES string of the molecule is CC(C)C(CNCc1ccccc1O)N1CCCC1. The van der Waals surface area contributed by atoms with E-state index in [1.165, 1.54) is 25.9 Å². The van der Waals surface area contributed by atoms with Crippen molar-refractivity contribution in [3.63, 3.8) is 0 Å². The largest absolute Gasteiger partial charge is 0.508 e. The molecule has 1 aromatic carbocycles. The fourth-order valence-corrected chi connectivity index (χ4v) is 2.87. The average molecular weight is 262 g/mol. The van der Waals surface area contributed by atoms with E-state index < -0.39 is 0 Å². The second-order valence-corrected chi connectivity index (χ2v) is 5.81. The van der Waals surface area contributed by atoms with Gasteiger partial charge >= 0.3 is 0 Å². The number of aromatic hydroxyl groups is 1. The molecule has 0 radical (unpaired) electrons. The molecule has 1 unspecified atom stereocenters. The molecular formula is C16H26N2O. The Morgan fingerprint density at radius 2 is 1.89 bits per heavy atom. The lowest BCUT2D eigenvalue weighted by atomic mass is 10.0. The van der Waals surface area contributed by atoms with Gasteiger partial charge in [-0.2, -0.15) is 0 Å². The molecular weight excluding hydrogens is 236 g/mol. The third-order valence-electron chi connectivity index (χ3n) is 4.04. The smallest absolute Gasteiger partial charge is 0.120 e. The molecule has 0 amide bonds. The first kappa shape index (κ1) is 14.4. The molecule has 1 atom stereocenters. The Hall–Kier alpha value is -1.06. The standard InChI is InChI=1S/C16H26N2O/c1-13(2)15(18-9-5-6-10-18)12-17-11-14-7-3-4-8-16(14)19/h3-4,7-8,13,15,17,19H,5-6,9-12H2,1-2H3. The van der Waals surface area contributed by atoms with E-state index in [0.29, 0.717) is 17.7 Å². The van der Waals surface area contributed by atoms with Crippen molar-refractivity contribution in [1.29, 1.82) is 0 Å². The Balaban J connectivity index is 1.84. The first-order valence-electron chi connectivity index (χ1n) is 7.40. The molecule has 2 N–H and O–H groups in total. The highest BCUT2D eigenvalue weighted by Gasteiger charge is 2.23. The van der Waals surface area contributed by atoms with E-state index >= 15 is 0 Å². The van der Waals surface area contributed by atoms with Crippen LogP contribution in [0.15, 0.2) is 24.3 Å². The third-order valence-corrected chi connectivity index (χ3v) is 4.04. The zero-order valence-corrected chi connectivity index (χ0v) is 12.1. The molecule has 0 bridgehead atoms. The number of benzene rings is 1. The summed E-state index contributed by atoms with van der Waals surface area (Å²) in [5, 5.41) is 13.2. The summed E-state index contributed by atoms with van der Waals surface area (Å²) in [5.41, 5.74) is 0.978. The summed E-state index contributed by atoms with van der Waals surface area (Å²) in [4.78, 5) is 2.60. The van der Waals surface area contributed by atoms with Crippen LogP contribution in [0.3, 0.4) is 0 Å². The first-order chi connectivity index (χ1) is 9.18. The van der Waals surface area contributed by atoms with Crippen molar-refractivity contribution in [2.24, 2.45) is 5.92 Å². The van der Waals surface area contributed by atoms with E-state index in [9.17, 15) is 5.11 Å². The normalized spacial score (nSPS) is 18.1. The number of phenols is 1. The van der Waals surface area contributed by atoms with Gasteiger partial charge in [0.15, 0.2) is 0 Å². The minimum atomic E-state index is 0.386. The molecule has 2 rings (SSSR count). The number of likely N-dealkylation sites (tertiary alicyclic amines) is 1. The van der Waals surface area contributed by atoms with E-state index in [4.69, 9.17) is 0 Å². The molecule has 0 aromatic heterocycles. The van der Waals surface area contributed by atoms with Gasteiger partial charge in [-0.15, -0.1) is 0 Å². The van der Waals surface area contributed by atoms with Crippen molar-refractivity contribution in [3.8, 4) is 5.75 Å². The minimum Gasteiger partial charge on any atom is -0.508 e. The molecule has 106 valence electrons. The second-order valence-electron chi connectivity index (χ2n) is 5.81. The van der Waals surface area contributed by atoms with Gasteiger partial charge < -0.3 is 10.4 Å². The Labute approximate surface area is 116 Å². The summed E-state index contributed by atoms with van der Waals surface area (Å²) < 4.78 is 0. The zero-order valence-electron chi connectivity index (χ0n) is 12.1. The van der Waals surface area contributed by atoms with Gasteiger partial charge in [0.05, 0.1) is 0 Å². The van der Waals surface area contributed by atoms with Gasteiger partial charge in [0.25, 0.3) is 0 Å². The predicted molar refractivity (Wildman–Crippen MR) is 79.2 cm³/mol. The van der Waals surface area contributed by atoms with Crippen LogP contribution in [0.5, 0.6) is 5.75 Å². The number of rotatable bonds is 6. The third kappa shape index (κ3) is 3.95. The summed E-state index contributed by atoms with van der Waals surface area (Å²) in [6.45, 7) is 8.80. The molecule has 1 aliphatic heterocycles. The van der Waals surface area contributed by atoms with Crippen molar-refractivity contribution in [2.45, 2.75) is 39.3 Å². The lowest BCUT2D eigenvalue weighted by Crippen LogP contribution is -2.44. The Kier molecular flexibility index (Phi) is 5.23. The molecule has 1 fully saturated rings. The fraction of sp³-hybridized carbons (Fsp3) is 0.625. The van der Waals surface area contributed by atoms with Gasteiger partial charge in [-0.05, 0) is 37.9 Å². The zero-order chi connectivity index (χ0) is 13.7. The van der Waals surface area contributed by atoms with E-state index in [1.807, 2.05) is 18.2 Å². The lowest BCUT2D eigenvalue weighted by molar-refractivity contribution is 0.186. The molecule has 3 heteroatoms. The van der Waals surface area contributed by atoms with Gasteiger partial charge in [0, 0.05) is 24.7 Å². The van der Waals surface area contributed by atoms with Crippen LogP contribution in [-0.4, -0.2) is 35.7 Å². The Morgan fingerprint density at radius 1 is 1.21 bits per heavy atom. The molecule has 0 spiro atoms. The quantitative estimate of drug-likeness (QED) is 0.827. The summed E-state index contributed by atoms with van der Waals surface area (Å²) >= 11 is 0. The highest BCUT2D eigenvalue weighted by Crippen LogP contribution is 2.18. The van der Waals surface area contributed by atoms with Crippen LogP contribution >= 0.6 is 0 Å². The van der Waals surface area contributed by atoms with Gasteiger partial charge in [0.2, 0.25) is 0 Å². The molecule has 1 aliphatic rings. The number of hydrogen-bond donors (Lipinski definition) is 2. The molecule has 1 heterocycles. The van der Waals surface area contributed by atoms with Crippen molar-refractivity contribution in [2.75, 3.05) is 19.6 Å². The van der Waals surface area contributed by atoms with E-state index in [-0.39, 0.29) is 0 Å². The first-order valence-corrected chi connectivity index (χ1v) is 7.40. The number of hydrogen-bond acceptors (Lipinski definition) is 3. The predicted octanol–water partition coefficient (Wildman–Crippen LogP) is 2.60. The molecule has 3 nitrogen and oxygen atoms in total. The van der Waals surface area contributed by atoms with Gasteiger partial charge in [-0.25, -0.2) is 0 Å². The fourth-order valence-electron chi connectivity index (χ4n) is 2.87. The van der Waals surface area contributed by atoms with Crippen LogP contribution in [0.25, 0.3) is 0 Å². The number of nitrogens with one attached hydrogen (secondary N) is 1. The van der Waals surface area contributed by atoms with Gasteiger partial charge in [-0.3, -0.25) is 4.90 Å². The molecule has 0 saturated carbocycles. The van der Waals surface area contributed by atoms with Crippen LogP contribution in [-0.2, 0) is 6.54 Å². The molecule has 1 aromatic rings.